The molecule has 1 amide bonds. The van der Waals surface area contributed by atoms with Gasteiger partial charge in [-0.25, -0.2) is 4.98 Å². The highest BCUT2D eigenvalue weighted by atomic mass is 32.2. The molecule has 126 valence electrons. The van der Waals surface area contributed by atoms with E-state index in [0.29, 0.717) is 17.3 Å². The van der Waals surface area contributed by atoms with Crippen LogP contribution in [0.25, 0.3) is 11.3 Å². The molecule has 0 saturated carbocycles. The fourth-order valence-corrected chi connectivity index (χ4v) is 4.78. The fraction of sp³-hybridized carbons (Fsp3) is 0.158. The molecule has 0 bridgehead atoms. The van der Waals surface area contributed by atoms with E-state index in [2.05, 4.69) is 22.4 Å². The lowest BCUT2D eigenvalue weighted by molar-refractivity contribution is 0.102. The third kappa shape index (κ3) is 3.27. The summed E-state index contributed by atoms with van der Waals surface area (Å²) in [6.45, 7) is 2.54. The minimum absolute atomic E-state index is 0.157. The molecule has 0 atom stereocenters. The van der Waals surface area contributed by atoms with Crippen LogP contribution in [0.1, 0.15) is 22.2 Å². The number of nitrogens with one attached hydrogen (secondary N) is 1. The Bertz CT molecular complexity index is 919. The highest BCUT2D eigenvalue weighted by Gasteiger charge is 2.21. The number of thioether (sulfide) groups is 1. The highest BCUT2D eigenvalue weighted by Crippen LogP contribution is 2.44. The summed E-state index contributed by atoms with van der Waals surface area (Å²) in [6, 6.07) is 15.4. The van der Waals surface area contributed by atoms with Crippen molar-refractivity contribution in [2.45, 2.75) is 17.6 Å². The molecule has 0 saturated heterocycles. The lowest BCUT2D eigenvalue weighted by atomic mass is 10.1. The van der Waals surface area contributed by atoms with Gasteiger partial charge in [0.1, 0.15) is 5.75 Å². The molecule has 2 heterocycles. The van der Waals surface area contributed by atoms with Crippen molar-refractivity contribution in [3.05, 3.63) is 59.0 Å². The fourth-order valence-electron chi connectivity index (χ4n) is 2.68. The van der Waals surface area contributed by atoms with E-state index in [4.69, 9.17) is 4.74 Å². The minimum Gasteiger partial charge on any atom is -0.494 e. The van der Waals surface area contributed by atoms with Gasteiger partial charge in [0.05, 0.1) is 12.3 Å². The molecule has 4 nitrogen and oxygen atoms in total. The third-order valence-electron chi connectivity index (χ3n) is 3.85. The summed E-state index contributed by atoms with van der Waals surface area (Å²) in [6.07, 6.45) is 0. The zero-order chi connectivity index (χ0) is 17.2. The number of ether oxygens (including phenoxy) is 1. The van der Waals surface area contributed by atoms with Crippen molar-refractivity contribution in [1.29, 1.82) is 0 Å². The lowest BCUT2D eigenvalue weighted by Crippen LogP contribution is -2.11. The van der Waals surface area contributed by atoms with Crippen LogP contribution in [0.5, 0.6) is 5.75 Å². The van der Waals surface area contributed by atoms with Crippen LogP contribution in [0, 0.1) is 0 Å². The average molecular weight is 368 g/mol. The molecule has 0 spiro atoms. The molecular weight excluding hydrogens is 352 g/mol. The SMILES string of the molecule is CCOc1ccc(C(=O)Nc2nc3c(s2)CSc2ccccc2-3)cc1. The molecule has 0 unspecified atom stereocenters. The molecule has 4 rings (SSSR count). The van der Waals surface area contributed by atoms with Gasteiger partial charge in [0, 0.05) is 26.7 Å². The van der Waals surface area contributed by atoms with E-state index in [-0.39, 0.29) is 5.91 Å². The molecule has 1 aromatic heterocycles. The molecule has 1 aliphatic heterocycles. The molecule has 2 aromatic carbocycles. The van der Waals surface area contributed by atoms with Gasteiger partial charge in [0.25, 0.3) is 5.91 Å². The number of hydrogen-bond donors (Lipinski definition) is 1. The first-order valence-electron chi connectivity index (χ1n) is 8.00. The maximum absolute atomic E-state index is 12.5. The number of carbonyl (C=O) groups excluding carboxylic acids is 1. The van der Waals surface area contributed by atoms with E-state index in [1.54, 1.807) is 35.6 Å². The van der Waals surface area contributed by atoms with Gasteiger partial charge in [-0.1, -0.05) is 18.2 Å². The predicted octanol–water partition coefficient (Wildman–Crippen LogP) is 5.07. The van der Waals surface area contributed by atoms with Crippen molar-refractivity contribution in [3.8, 4) is 17.0 Å². The Morgan fingerprint density at radius 1 is 1.20 bits per heavy atom. The van der Waals surface area contributed by atoms with Gasteiger partial charge in [0.2, 0.25) is 0 Å². The monoisotopic (exact) mass is 368 g/mol. The minimum atomic E-state index is -0.157. The first-order valence-corrected chi connectivity index (χ1v) is 9.81. The number of anilines is 1. The van der Waals surface area contributed by atoms with Gasteiger partial charge in [0.15, 0.2) is 5.13 Å². The van der Waals surface area contributed by atoms with Gasteiger partial charge < -0.3 is 4.74 Å². The van der Waals surface area contributed by atoms with Gasteiger partial charge in [-0.05, 0) is 37.3 Å². The Hall–Kier alpha value is -2.31. The Labute approximate surface area is 154 Å². The largest absolute Gasteiger partial charge is 0.494 e. The number of hydrogen-bond acceptors (Lipinski definition) is 5. The summed E-state index contributed by atoms with van der Waals surface area (Å²) in [5.41, 5.74) is 2.72. The van der Waals surface area contributed by atoms with Crippen LogP contribution in [0.4, 0.5) is 5.13 Å². The maximum Gasteiger partial charge on any atom is 0.257 e. The van der Waals surface area contributed by atoms with Crippen LogP contribution < -0.4 is 10.1 Å². The van der Waals surface area contributed by atoms with Crippen LogP contribution in [0.3, 0.4) is 0 Å². The second kappa shape index (κ2) is 6.90. The summed E-state index contributed by atoms with van der Waals surface area (Å²) >= 11 is 3.35. The number of aromatic nitrogens is 1. The van der Waals surface area contributed by atoms with Crippen molar-refractivity contribution in [1.82, 2.24) is 4.98 Å². The summed E-state index contributed by atoms with van der Waals surface area (Å²) < 4.78 is 5.40. The summed E-state index contributed by atoms with van der Waals surface area (Å²) in [5.74, 6) is 1.50. The Morgan fingerprint density at radius 2 is 2.00 bits per heavy atom. The van der Waals surface area contributed by atoms with E-state index >= 15 is 0 Å². The number of rotatable bonds is 4. The van der Waals surface area contributed by atoms with Crippen LogP contribution in [0.15, 0.2) is 53.4 Å². The van der Waals surface area contributed by atoms with Crippen molar-refractivity contribution in [2.24, 2.45) is 0 Å². The molecule has 3 aromatic rings. The van der Waals surface area contributed by atoms with Gasteiger partial charge in [-0.3, -0.25) is 10.1 Å². The Kier molecular flexibility index (Phi) is 4.46. The molecule has 0 fully saturated rings. The van der Waals surface area contributed by atoms with Crippen molar-refractivity contribution >= 4 is 34.1 Å². The van der Waals surface area contributed by atoms with Gasteiger partial charge in [-0.2, -0.15) is 0 Å². The van der Waals surface area contributed by atoms with E-state index in [9.17, 15) is 4.79 Å². The average Bonchev–Trinajstić information content (AvgIpc) is 3.05. The first-order chi connectivity index (χ1) is 12.2. The van der Waals surface area contributed by atoms with Crippen molar-refractivity contribution in [3.63, 3.8) is 0 Å². The first kappa shape index (κ1) is 16.2. The zero-order valence-corrected chi connectivity index (χ0v) is 15.2. The topological polar surface area (TPSA) is 51.2 Å². The van der Waals surface area contributed by atoms with Crippen LogP contribution in [-0.2, 0) is 5.75 Å². The van der Waals surface area contributed by atoms with E-state index in [1.165, 1.54) is 9.77 Å². The molecule has 0 radical (unpaired) electrons. The second-order valence-corrected chi connectivity index (χ2v) is 7.59. The second-order valence-electron chi connectivity index (χ2n) is 5.49. The Morgan fingerprint density at radius 3 is 2.80 bits per heavy atom. The smallest absolute Gasteiger partial charge is 0.257 e. The van der Waals surface area contributed by atoms with E-state index in [1.807, 2.05) is 30.8 Å². The standard InChI is InChI=1S/C19H16N2O2S2/c1-2-23-13-9-7-12(8-10-13)18(22)21-19-20-17-14-5-3-4-6-15(14)24-11-16(17)25-19/h3-10H,2,11H2,1H3,(H,20,21,22). The zero-order valence-electron chi connectivity index (χ0n) is 13.6. The molecular formula is C19H16N2O2S2. The van der Waals surface area contributed by atoms with Crippen LogP contribution in [-0.4, -0.2) is 17.5 Å². The molecule has 6 heteroatoms. The predicted molar refractivity (Wildman–Crippen MR) is 103 cm³/mol. The van der Waals surface area contributed by atoms with Gasteiger partial charge >= 0.3 is 0 Å². The molecule has 1 N–H and O–H groups in total. The summed E-state index contributed by atoms with van der Waals surface area (Å²) in [7, 11) is 0. The van der Waals surface area contributed by atoms with E-state index < -0.39 is 0 Å². The number of fused-ring (bicyclic) bond motifs is 3. The van der Waals surface area contributed by atoms with Gasteiger partial charge in [-0.15, -0.1) is 23.1 Å². The lowest BCUT2D eigenvalue weighted by Gasteiger charge is -2.13. The quantitative estimate of drug-likeness (QED) is 0.699. The number of amides is 1. The summed E-state index contributed by atoms with van der Waals surface area (Å²) in [5, 5.41) is 3.56. The maximum atomic E-state index is 12.5. The summed E-state index contributed by atoms with van der Waals surface area (Å²) in [4.78, 5) is 19.5. The number of carbonyl (C=O) groups is 1. The van der Waals surface area contributed by atoms with Crippen molar-refractivity contribution in [2.75, 3.05) is 11.9 Å². The normalized spacial score (nSPS) is 12.2. The molecule has 0 aliphatic carbocycles. The number of thiazole rings is 1. The highest BCUT2D eigenvalue weighted by molar-refractivity contribution is 7.98. The molecule has 1 aliphatic rings. The van der Waals surface area contributed by atoms with Crippen LogP contribution in [0.2, 0.25) is 0 Å². The Balaban J connectivity index is 1.54. The number of benzene rings is 2. The number of nitrogens with zero attached hydrogens (tertiary/aromatic N) is 1. The third-order valence-corrected chi connectivity index (χ3v) is 6.10. The van der Waals surface area contributed by atoms with E-state index in [0.717, 1.165) is 22.8 Å². The molecule has 25 heavy (non-hydrogen) atoms. The van der Waals surface area contributed by atoms with Crippen LogP contribution >= 0.6 is 23.1 Å². The van der Waals surface area contributed by atoms with Crippen molar-refractivity contribution < 1.29 is 9.53 Å².